The number of carboxylic acids is 2. The molecule has 0 unspecified atom stereocenters. The maximum atomic E-state index is 11.3. The van der Waals surface area contributed by atoms with E-state index in [1.54, 1.807) is 0 Å². The van der Waals surface area contributed by atoms with Crippen molar-refractivity contribution in [3.8, 4) is 0 Å². The lowest BCUT2D eigenvalue weighted by Gasteiger charge is -2.20. The Balaban J connectivity index is 4.28. The molecule has 18 heavy (non-hydrogen) atoms. The van der Waals surface area contributed by atoms with E-state index in [9.17, 15) is 19.5 Å². The van der Waals surface area contributed by atoms with Crippen LogP contribution >= 0.6 is 0 Å². The summed E-state index contributed by atoms with van der Waals surface area (Å²) in [5, 5.41) is 29.2. The monoisotopic (exact) mass is 262 g/mol. The van der Waals surface area contributed by atoms with Gasteiger partial charge in [0.2, 0.25) is 5.91 Å². The Kier molecular flexibility index (Phi) is 6.91. The minimum absolute atomic E-state index is 0.304. The molecule has 0 spiro atoms. The lowest BCUT2D eigenvalue weighted by molar-refractivity contribution is -0.167. The molecule has 6 N–H and O–H groups in total. The Bertz CT molecular complexity index is 319. The van der Waals surface area contributed by atoms with Crippen LogP contribution in [0.15, 0.2) is 0 Å². The molecule has 1 atom stereocenters. The van der Waals surface area contributed by atoms with Gasteiger partial charge in [-0.2, -0.15) is 0 Å². The van der Waals surface area contributed by atoms with Crippen LogP contribution in [0.3, 0.4) is 0 Å². The number of hydrogen-bond donors (Lipinski definition) is 5. The Morgan fingerprint density at radius 1 is 1.11 bits per heavy atom. The van der Waals surface area contributed by atoms with E-state index in [0.29, 0.717) is 25.9 Å². The summed E-state index contributed by atoms with van der Waals surface area (Å²) >= 11 is 0. The first-order valence-corrected chi connectivity index (χ1v) is 5.46. The van der Waals surface area contributed by atoms with E-state index in [1.807, 2.05) is 0 Å². The Morgan fingerprint density at radius 3 is 2.17 bits per heavy atom. The highest BCUT2D eigenvalue weighted by Crippen LogP contribution is 2.15. The molecule has 1 amide bonds. The summed E-state index contributed by atoms with van der Waals surface area (Å²) in [7, 11) is 0. The summed E-state index contributed by atoms with van der Waals surface area (Å²) in [6.07, 6.45) is -0.485. The zero-order valence-corrected chi connectivity index (χ0v) is 9.89. The zero-order valence-electron chi connectivity index (χ0n) is 9.89. The minimum Gasteiger partial charge on any atom is -0.481 e. The molecule has 0 heterocycles. The second-order valence-electron chi connectivity index (χ2n) is 3.93. The van der Waals surface area contributed by atoms with Gasteiger partial charge in [0, 0.05) is 6.54 Å². The first-order chi connectivity index (χ1) is 8.31. The fraction of sp³-hybridized carbons (Fsp3) is 0.700. The topological polar surface area (TPSA) is 150 Å². The van der Waals surface area contributed by atoms with Crippen molar-refractivity contribution < 1.29 is 29.7 Å². The minimum atomic E-state index is -2.58. The van der Waals surface area contributed by atoms with Crippen LogP contribution in [0.2, 0.25) is 0 Å². The molecule has 0 aliphatic rings. The third-order valence-electron chi connectivity index (χ3n) is 2.25. The molecule has 8 nitrogen and oxygen atoms in total. The Morgan fingerprint density at radius 2 is 1.72 bits per heavy atom. The lowest BCUT2D eigenvalue weighted by atomic mass is 9.95. The Labute approximate surface area is 104 Å². The van der Waals surface area contributed by atoms with Crippen LogP contribution in [-0.2, 0) is 14.4 Å². The molecule has 0 radical (unpaired) electrons. The summed E-state index contributed by atoms with van der Waals surface area (Å²) in [6.45, 7) is 0.784. The van der Waals surface area contributed by atoms with E-state index in [0.717, 1.165) is 0 Å². The summed E-state index contributed by atoms with van der Waals surface area (Å²) in [5.41, 5.74) is 2.67. The van der Waals surface area contributed by atoms with Gasteiger partial charge in [0.05, 0.1) is 12.8 Å². The number of unbranched alkanes of at least 4 members (excludes halogenated alkanes) is 1. The van der Waals surface area contributed by atoms with Crippen molar-refractivity contribution >= 4 is 17.8 Å². The quantitative estimate of drug-likeness (QED) is 0.318. The fourth-order valence-corrected chi connectivity index (χ4v) is 1.29. The van der Waals surface area contributed by atoms with Crippen LogP contribution in [0.4, 0.5) is 0 Å². The summed E-state index contributed by atoms with van der Waals surface area (Å²) < 4.78 is 0. The average Bonchev–Trinajstić information content (AvgIpc) is 2.23. The van der Waals surface area contributed by atoms with Gasteiger partial charge in [-0.05, 0) is 19.4 Å². The van der Waals surface area contributed by atoms with E-state index in [-0.39, 0.29) is 0 Å². The average molecular weight is 262 g/mol. The standard InChI is InChI=1S/C10H18N2O6/c11-3-1-2-4-12-7(13)5-10(18,9(16)17)6-8(14)15/h18H,1-6,11H2,(H,12,13)(H,14,15)(H,16,17)/t10-/m0/s1. The van der Waals surface area contributed by atoms with Crippen molar-refractivity contribution in [2.24, 2.45) is 5.73 Å². The van der Waals surface area contributed by atoms with Crippen LogP contribution in [0.1, 0.15) is 25.7 Å². The second-order valence-corrected chi connectivity index (χ2v) is 3.93. The molecule has 0 aromatic carbocycles. The highest BCUT2D eigenvalue weighted by molar-refractivity contribution is 5.90. The van der Waals surface area contributed by atoms with Crippen molar-refractivity contribution in [3.05, 3.63) is 0 Å². The van der Waals surface area contributed by atoms with Crippen LogP contribution < -0.4 is 11.1 Å². The molecule has 0 aliphatic carbocycles. The summed E-state index contributed by atoms with van der Waals surface area (Å²) in [5.74, 6) is -3.93. The number of amides is 1. The van der Waals surface area contributed by atoms with Gasteiger partial charge in [0.1, 0.15) is 0 Å². The lowest BCUT2D eigenvalue weighted by Crippen LogP contribution is -2.45. The van der Waals surface area contributed by atoms with E-state index in [1.165, 1.54) is 0 Å². The third kappa shape index (κ3) is 6.16. The van der Waals surface area contributed by atoms with E-state index in [4.69, 9.17) is 15.9 Å². The van der Waals surface area contributed by atoms with Gasteiger partial charge in [-0.3, -0.25) is 9.59 Å². The number of aliphatic hydroxyl groups is 1. The van der Waals surface area contributed by atoms with E-state index >= 15 is 0 Å². The largest absolute Gasteiger partial charge is 0.481 e. The maximum absolute atomic E-state index is 11.3. The van der Waals surface area contributed by atoms with Crippen molar-refractivity contribution in [3.63, 3.8) is 0 Å². The molecular formula is C10H18N2O6. The van der Waals surface area contributed by atoms with Gasteiger partial charge in [-0.15, -0.1) is 0 Å². The molecule has 0 saturated heterocycles. The Hall–Kier alpha value is -1.67. The van der Waals surface area contributed by atoms with Crippen LogP contribution in [0.25, 0.3) is 0 Å². The van der Waals surface area contributed by atoms with Gasteiger partial charge >= 0.3 is 11.9 Å². The molecule has 0 saturated carbocycles. The normalized spacial score (nSPS) is 13.7. The molecule has 0 aromatic rings. The number of carbonyl (C=O) groups excluding carboxylic acids is 1. The van der Waals surface area contributed by atoms with Gasteiger partial charge in [0.25, 0.3) is 0 Å². The first-order valence-electron chi connectivity index (χ1n) is 5.46. The first kappa shape index (κ1) is 16.3. The smallest absolute Gasteiger partial charge is 0.336 e. The molecule has 0 fully saturated rings. The van der Waals surface area contributed by atoms with Crippen molar-refractivity contribution in [1.29, 1.82) is 0 Å². The van der Waals surface area contributed by atoms with Crippen LogP contribution in [0, 0.1) is 0 Å². The summed E-state index contributed by atoms with van der Waals surface area (Å²) in [4.78, 5) is 32.5. The van der Waals surface area contributed by atoms with Gasteiger partial charge < -0.3 is 26.4 Å². The third-order valence-corrected chi connectivity index (χ3v) is 2.25. The number of carboxylic acid groups (broad SMARTS) is 2. The number of rotatable bonds is 9. The highest BCUT2D eigenvalue weighted by Gasteiger charge is 2.40. The van der Waals surface area contributed by atoms with Crippen LogP contribution in [0.5, 0.6) is 0 Å². The number of nitrogens with two attached hydrogens (primary N) is 1. The molecule has 0 rings (SSSR count). The van der Waals surface area contributed by atoms with Gasteiger partial charge in [0.15, 0.2) is 5.60 Å². The van der Waals surface area contributed by atoms with Crippen LogP contribution in [-0.4, -0.2) is 51.9 Å². The number of aliphatic carboxylic acids is 2. The number of nitrogens with one attached hydrogen (secondary N) is 1. The van der Waals surface area contributed by atoms with Gasteiger partial charge in [-0.25, -0.2) is 4.79 Å². The van der Waals surface area contributed by atoms with E-state index in [2.05, 4.69) is 5.32 Å². The SMILES string of the molecule is NCCCCNC(=O)C[C@](O)(CC(=O)O)C(=O)O. The highest BCUT2D eigenvalue weighted by atomic mass is 16.4. The summed E-state index contributed by atoms with van der Waals surface area (Å²) in [6, 6.07) is 0. The molecule has 0 aliphatic heterocycles. The zero-order chi connectivity index (χ0) is 14.2. The second kappa shape index (κ2) is 7.62. The van der Waals surface area contributed by atoms with Crippen molar-refractivity contribution in [2.45, 2.75) is 31.3 Å². The van der Waals surface area contributed by atoms with Crippen molar-refractivity contribution in [1.82, 2.24) is 5.32 Å². The van der Waals surface area contributed by atoms with Crippen molar-refractivity contribution in [2.75, 3.05) is 13.1 Å². The maximum Gasteiger partial charge on any atom is 0.336 e. The molecular weight excluding hydrogens is 244 g/mol. The fourth-order valence-electron chi connectivity index (χ4n) is 1.29. The number of hydrogen-bond acceptors (Lipinski definition) is 5. The van der Waals surface area contributed by atoms with Gasteiger partial charge in [-0.1, -0.05) is 0 Å². The predicted molar refractivity (Wildman–Crippen MR) is 60.8 cm³/mol. The molecule has 0 bridgehead atoms. The van der Waals surface area contributed by atoms with E-state index < -0.39 is 36.3 Å². The molecule has 104 valence electrons. The number of carbonyl (C=O) groups is 3. The molecule has 0 aromatic heterocycles. The predicted octanol–water partition coefficient (Wildman–Crippen LogP) is -1.48. The molecule has 8 heteroatoms.